The molecule has 6 nitrogen and oxygen atoms in total. The molecule has 0 atom stereocenters. The SMILES string of the molecule is CSc1ccccc1NC(=O)[C@H]1CC[C@@H](Nc2ncc(C)c(N(C)C)n2)CC1. The Hall–Kier alpha value is -2.28. The van der Waals surface area contributed by atoms with E-state index in [1.807, 2.05) is 62.6 Å². The third kappa shape index (κ3) is 4.95. The van der Waals surface area contributed by atoms with Crippen LogP contribution in [-0.4, -0.2) is 42.3 Å². The number of para-hydroxylation sites is 1. The van der Waals surface area contributed by atoms with Gasteiger partial charge < -0.3 is 15.5 Å². The molecule has 0 unspecified atom stereocenters. The number of hydrogen-bond donors (Lipinski definition) is 2. The summed E-state index contributed by atoms with van der Waals surface area (Å²) in [5, 5.41) is 6.56. The van der Waals surface area contributed by atoms with E-state index in [1.165, 1.54) is 0 Å². The second-order valence-electron chi connectivity index (χ2n) is 7.48. The van der Waals surface area contributed by atoms with Crippen LogP contribution in [0.15, 0.2) is 35.4 Å². The first-order valence-corrected chi connectivity index (χ1v) is 10.9. The third-order valence-corrected chi connectivity index (χ3v) is 5.96. The standard InChI is InChI=1S/C21H29N5OS/c1-14-13-22-21(25-19(14)26(2)3)23-16-11-9-15(10-12-16)20(27)24-17-7-5-6-8-18(17)28-4/h5-8,13,15-16H,9-12H2,1-4H3,(H,24,27)(H,22,23,25)/t15-,16+. The molecule has 1 heterocycles. The van der Waals surface area contributed by atoms with Gasteiger partial charge in [-0.25, -0.2) is 4.98 Å². The Morgan fingerprint density at radius 3 is 2.57 bits per heavy atom. The highest BCUT2D eigenvalue weighted by atomic mass is 32.2. The van der Waals surface area contributed by atoms with E-state index in [0.29, 0.717) is 12.0 Å². The Labute approximate surface area is 171 Å². The van der Waals surface area contributed by atoms with Crippen molar-refractivity contribution in [2.75, 3.05) is 35.9 Å². The lowest BCUT2D eigenvalue weighted by molar-refractivity contribution is -0.120. The summed E-state index contributed by atoms with van der Waals surface area (Å²) in [5.74, 6) is 1.78. The summed E-state index contributed by atoms with van der Waals surface area (Å²) in [6.07, 6.45) is 7.51. The van der Waals surface area contributed by atoms with E-state index in [4.69, 9.17) is 0 Å². The van der Waals surface area contributed by atoms with Crippen LogP contribution in [0.1, 0.15) is 31.2 Å². The highest BCUT2D eigenvalue weighted by molar-refractivity contribution is 7.98. The van der Waals surface area contributed by atoms with Gasteiger partial charge in [-0.05, 0) is 51.0 Å². The van der Waals surface area contributed by atoms with Crippen LogP contribution in [0, 0.1) is 12.8 Å². The molecule has 0 saturated heterocycles. The molecule has 1 aliphatic carbocycles. The molecule has 1 saturated carbocycles. The van der Waals surface area contributed by atoms with E-state index in [-0.39, 0.29) is 11.8 Å². The maximum absolute atomic E-state index is 12.7. The van der Waals surface area contributed by atoms with Crippen molar-refractivity contribution in [3.63, 3.8) is 0 Å². The zero-order valence-corrected chi connectivity index (χ0v) is 17.8. The molecule has 0 bridgehead atoms. The number of carbonyl (C=O) groups is 1. The maximum Gasteiger partial charge on any atom is 0.227 e. The van der Waals surface area contributed by atoms with E-state index in [2.05, 4.69) is 20.6 Å². The lowest BCUT2D eigenvalue weighted by Crippen LogP contribution is -2.32. The van der Waals surface area contributed by atoms with Gasteiger partial charge in [0.15, 0.2) is 0 Å². The van der Waals surface area contributed by atoms with Crippen molar-refractivity contribution < 1.29 is 4.79 Å². The number of aryl methyl sites for hydroxylation is 1. The molecule has 1 aliphatic rings. The van der Waals surface area contributed by atoms with E-state index < -0.39 is 0 Å². The Morgan fingerprint density at radius 2 is 1.89 bits per heavy atom. The van der Waals surface area contributed by atoms with Gasteiger partial charge in [0.05, 0.1) is 5.69 Å². The molecule has 150 valence electrons. The monoisotopic (exact) mass is 399 g/mol. The molecule has 3 rings (SSSR count). The van der Waals surface area contributed by atoms with Crippen molar-refractivity contribution in [2.24, 2.45) is 5.92 Å². The fourth-order valence-corrected chi connectivity index (χ4v) is 4.17. The Morgan fingerprint density at radius 1 is 1.18 bits per heavy atom. The van der Waals surface area contributed by atoms with Crippen LogP contribution < -0.4 is 15.5 Å². The van der Waals surface area contributed by atoms with Crippen molar-refractivity contribution in [3.05, 3.63) is 36.0 Å². The Kier molecular flexibility index (Phi) is 6.78. The summed E-state index contributed by atoms with van der Waals surface area (Å²) in [6, 6.07) is 8.26. The largest absolute Gasteiger partial charge is 0.362 e. The molecule has 0 radical (unpaired) electrons. The van der Waals surface area contributed by atoms with E-state index in [9.17, 15) is 4.79 Å². The van der Waals surface area contributed by atoms with Gasteiger partial charge in [0.25, 0.3) is 0 Å². The van der Waals surface area contributed by atoms with Crippen LogP contribution >= 0.6 is 11.8 Å². The normalized spacial score (nSPS) is 19.1. The quantitative estimate of drug-likeness (QED) is 0.710. The number of benzene rings is 1. The zero-order chi connectivity index (χ0) is 20.1. The molecule has 1 amide bonds. The molecule has 2 N–H and O–H groups in total. The Bertz CT molecular complexity index is 818. The summed E-state index contributed by atoms with van der Waals surface area (Å²) in [5.41, 5.74) is 1.96. The molecule has 2 aromatic rings. The topological polar surface area (TPSA) is 70.2 Å². The van der Waals surface area contributed by atoms with Gasteiger partial charge in [0.2, 0.25) is 11.9 Å². The fourth-order valence-electron chi connectivity index (χ4n) is 3.62. The maximum atomic E-state index is 12.7. The van der Waals surface area contributed by atoms with Gasteiger partial charge >= 0.3 is 0 Å². The molecule has 1 fully saturated rings. The molecular weight excluding hydrogens is 370 g/mol. The molecule has 28 heavy (non-hydrogen) atoms. The zero-order valence-electron chi connectivity index (χ0n) is 17.0. The number of aromatic nitrogens is 2. The first-order chi connectivity index (χ1) is 13.5. The summed E-state index contributed by atoms with van der Waals surface area (Å²) in [4.78, 5) is 24.8. The third-order valence-electron chi connectivity index (χ3n) is 5.16. The highest BCUT2D eigenvalue weighted by Gasteiger charge is 2.27. The highest BCUT2D eigenvalue weighted by Crippen LogP contribution is 2.30. The molecule has 1 aromatic heterocycles. The molecule has 0 aliphatic heterocycles. The minimum absolute atomic E-state index is 0.0595. The van der Waals surface area contributed by atoms with E-state index in [0.717, 1.165) is 47.6 Å². The van der Waals surface area contributed by atoms with Crippen LogP contribution in [0.5, 0.6) is 0 Å². The molecule has 1 aromatic carbocycles. The van der Waals surface area contributed by atoms with Crippen LogP contribution in [0.2, 0.25) is 0 Å². The van der Waals surface area contributed by atoms with Crippen molar-refractivity contribution in [1.82, 2.24) is 9.97 Å². The lowest BCUT2D eigenvalue weighted by atomic mass is 9.85. The van der Waals surface area contributed by atoms with Gasteiger partial charge in [-0.1, -0.05) is 12.1 Å². The summed E-state index contributed by atoms with van der Waals surface area (Å²) >= 11 is 1.65. The van der Waals surface area contributed by atoms with Gasteiger partial charge in [0, 0.05) is 42.7 Å². The fraction of sp³-hybridized carbons (Fsp3) is 0.476. The number of nitrogens with one attached hydrogen (secondary N) is 2. The van der Waals surface area contributed by atoms with Crippen LogP contribution in [0.25, 0.3) is 0 Å². The van der Waals surface area contributed by atoms with Gasteiger partial charge in [-0.15, -0.1) is 11.8 Å². The number of amides is 1. The average Bonchev–Trinajstić information content (AvgIpc) is 2.70. The number of thioether (sulfide) groups is 1. The minimum atomic E-state index is 0.0595. The Balaban J connectivity index is 1.54. The van der Waals surface area contributed by atoms with Gasteiger partial charge in [-0.2, -0.15) is 4.98 Å². The smallest absolute Gasteiger partial charge is 0.227 e. The first kappa shape index (κ1) is 20.5. The van der Waals surface area contributed by atoms with Crippen LogP contribution in [0.3, 0.4) is 0 Å². The predicted octanol–water partition coefficient (Wildman–Crippen LogP) is 4.18. The number of carbonyl (C=O) groups excluding carboxylic acids is 1. The van der Waals surface area contributed by atoms with Crippen molar-refractivity contribution >= 4 is 35.1 Å². The number of anilines is 3. The summed E-state index contributed by atoms with van der Waals surface area (Å²) in [7, 11) is 3.97. The number of hydrogen-bond acceptors (Lipinski definition) is 6. The lowest BCUT2D eigenvalue weighted by Gasteiger charge is -2.29. The molecule has 0 spiro atoms. The summed E-state index contributed by atoms with van der Waals surface area (Å²) < 4.78 is 0. The second kappa shape index (κ2) is 9.28. The van der Waals surface area contributed by atoms with Crippen LogP contribution in [-0.2, 0) is 4.79 Å². The van der Waals surface area contributed by atoms with Crippen LogP contribution in [0.4, 0.5) is 17.5 Å². The minimum Gasteiger partial charge on any atom is -0.362 e. The van der Waals surface area contributed by atoms with Gasteiger partial charge in [0.1, 0.15) is 5.82 Å². The summed E-state index contributed by atoms with van der Waals surface area (Å²) in [6.45, 7) is 2.01. The molecule has 7 heteroatoms. The predicted molar refractivity (Wildman–Crippen MR) is 117 cm³/mol. The van der Waals surface area contributed by atoms with Crippen molar-refractivity contribution in [3.8, 4) is 0 Å². The van der Waals surface area contributed by atoms with Crippen molar-refractivity contribution in [1.29, 1.82) is 0 Å². The number of rotatable bonds is 6. The number of nitrogens with zero attached hydrogens (tertiary/aromatic N) is 3. The van der Waals surface area contributed by atoms with Crippen molar-refractivity contribution in [2.45, 2.75) is 43.5 Å². The van der Waals surface area contributed by atoms with E-state index in [1.54, 1.807) is 11.8 Å². The molecular formula is C21H29N5OS. The van der Waals surface area contributed by atoms with E-state index >= 15 is 0 Å². The first-order valence-electron chi connectivity index (χ1n) is 9.69. The second-order valence-corrected chi connectivity index (χ2v) is 8.33. The van der Waals surface area contributed by atoms with Gasteiger partial charge in [-0.3, -0.25) is 4.79 Å². The average molecular weight is 400 g/mol.